The van der Waals surface area contributed by atoms with Crippen molar-refractivity contribution in [3.8, 4) is 5.75 Å². The van der Waals surface area contributed by atoms with Crippen LogP contribution in [0.3, 0.4) is 0 Å². The van der Waals surface area contributed by atoms with Gasteiger partial charge in [-0.2, -0.15) is 10.1 Å². The van der Waals surface area contributed by atoms with Crippen LogP contribution in [0.4, 0.5) is 5.69 Å². The number of amides is 1. The zero-order chi connectivity index (χ0) is 18.7. The maximum Gasteiger partial charge on any atom is 0.286 e. The van der Waals surface area contributed by atoms with Gasteiger partial charge in [0.05, 0.1) is 16.0 Å². The van der Waals surface area contributed by atoms with Crippen LogP contribution < -0.4 is 0 Å². The van der Waals surface area contributed by atoms with Crippen molar-refractivity contribution in [1.82, 2.24) is 5.01 Å². The van der Waals surface area contributed by atoms with Gasteiger partial charge in [-0.25, -0.2) is 0 Å². The van der Waals surface area contributed by atoms with Crippen LogP contribution in [0.2, 0.25) is 0 Å². The first-order valence-corrected chi connectivity index (χ1v) is 8.52. The van der Waals surface area contributed by atoms with E-state index in [9.17, 15) is 20.0 Å². The molecule has 3 rings (SSSR count). The third-order valence-corrected chi connectivity index (χ3v) is 4.69. The second kappa shape index (κ2) is 7.46. The molecule has 1 fully saturated rings. The minimum absolute atomic E-state index is 0.159. The third-order valence-electron chi connectivity index (χ3n) is 3.40. The van der Waals surface area contributed by atoms with E-state index >= 15 is 0 Å². The number of hydrazone groups is 1. The van der Waals surface area contributed by atoms with E-state index in [2.05, 4.69) is 5.10 Å². The first kappa shape index (κ1) is 17.8. The number of thiocarbonyl (C=S) groups is 1. The van der Waals surface area contributed by atoms with E-state index in [0.29, 0.717) is 0 Å². The number of non-ortho nitro benzene ring substituents is 1. The van der Waals surface area contributed by atoms with Gasteiger partial charge in [0, 0.05) is 17.7 Å². The number of carbonyl (C=O) groups excluding carboxylic acids is 1. The highest BCUT2D eigenvalue weighted by molar-refractivity contribution is 8.26. The van der Waals surface area contributed by atoms with Gasteiger partial charge in [-0.3, -0.25) is 14.9 Å². The van der Waals surface area contributed by atoms with Gasteiger partial charge in [0.2, 0.25) is 0 Å². The topological polar surface area (TPSA) is 96.0 Å². The fourth-order valence-corrected chi connectivity index (χ4v) is 3.30. The number of hydrogen-bond donors (Lipinski definition) is 1. The van der Waals surface area contributed by atoms with Crippen LogP contribution in [0.5, 0.6) is 5.75 Å². The summed E-state index contributed by atoms with van der Waals surface area (Å²) in [5.41, 5.74) is 0.778. The number of benzene rings is 2. The van der Waals surface area contributed by atoms with Gasteiger partial charge in [-0.05, 0) is 29.9 Å². The Morgan fingerprint density at radius 2 is 1.96 bits per heavy atom. The average molecular weight is 385 g/mol. The van der Waals surface area contributed by atoms with Crippen LogP contribution in [0, 0.1) is 10.1 Å². The molecular weight excluding hydrogens is 374 g/mol. The number of phenols is 1. The van der Waals surface area contributed by atoms with Crippen molar-refractivity contribution >= 4 is 52.2 Å². The van der Waals surface area contributed by atoms with Crippen molar-refractivity contribution in [2.45, 2.75) is 0 Å². The standard InChI is InChI=1S/C17H11N3O4S2/c21-14-7-6-13(20(23)24)8-12(14)9-15-16(22)19(17(25)26-15)18-10-11-4-2-1-3-5-11/h1-10,21H/b15-9-,18-10+. The SMILES string of the molecule is O=C1/C(=C/c2cc([N+](=O)[O-])ccc2O)SC(=S)N1/N=C/c1ccccc1. The van der Waals surface area contributed by atoms with E-state index in [-0.39, 0.29) is 26.2 Å². The lowest BCUT2D eigenvalue weighted by atomic mass is 10.1. The van der Waals surface area contributed by atoms with E-state index in [1.54, 1.807) is 0 Å². The molecule has 0 spiro atoms. The van der Waals surface area contributed by atoms with Crippen LogP contribution in [0.1, 0.15) is 11.1 Å². The van der Waals surface area contributed by atoms with Gasteiger partial charge >= 0.3 is 0 Å². The van der Waals surface area contributed by atoms with Gasteiger partial charge in [0.25, 0.3) is 11.6 Å². The zero-order valence-electron chi connectivity index (χ0n) is 13.1. The maximum atomic E-state index is 12.5. The number of carbonyl (C=O) groups is 1. The number of phenolic OH excluding ortho intramolecular Hbond substituents is 1. The molecule has 0 unspecified atom stereocenters. The van der Waals surface area contributed by atoms with Crippen molar-refractivity contribution in [1.29, 1.82) is 0 Å². The summed E-state index contributed by atoms with van der Waals surface area (Å²) in [6.07, 6.45) is 2.87. The summed E-state index contributed by atoms with van der Waals surface area (Å²) in [6.45, 7) is 0. The number of aromatic hydroxyl groups is 1. The molecule has 0 bridgehead atoms. The first-order chi connectivity index (χ1) is 12.5. The zero-order valence-corrected chi connectivity index (χ0v) is 14.7. The predicted octanol–water partition coefficient (Wildman–Crippen LogP) is 3.54. The Kier molecular flexibility index (Phi) is 5.10. The fraction of sp³-hybridized carbons (Fsp3) is 0. The molecule has 1 amide bonds. The minimum Gasteiger partial charge on any atom is -0.507 e. The second-order valence-electron chi connectivity index (χ2n) is 5.15. The quantitative estimate of drug-likeness (QED) is 0.284. The molecule has 26 heavy (non-hydrogen) atoms. The maximum absolute atomic E-state index is 12.5. The molecule has 2 aromatic rings. The van der Waals surface area contributed by atoms with Crippen LogP contribution in [0.15, 0.2) is 58.5 Å². The molecule has 1 heterocycles. The van der Waals surface area contributed by atoms with Crippen LogP contribution >= 0.6 is 24.0 Å². The van der Waals surface area contributed by atoms with Crippen molar-refractivity contribution in [2.75, 3.05) is 0 Å². The molecular formula is C17H11N3O4S2. The Bertz CT molecular complexity index is 958. The molecule has 0 saturated carbocycles. The summed E-state index contributed by atoms with van der Waals surface area (Å²) in [7, 11) is 0. The molecule has 1 aliphatic rings. The number of hydrogen-bond acceptors (Lipinski definition) is 7. The van der Waals surface area contributed by atoms with Crippen molar-refractivity contribution in [3.05, 3.63) is 74.7 Å². The van der Waals surface area contributed by atoms with Gasteiger partial charge in [-0.1, -0.05) is 42.1 Å². The van der Waals surface area contributed by atoms with Crippen molar-refractivity contribution < 1.29 is 14.8 Å². The Morgan fingerprint density at radius 1 is 1.23 bits per heavy atom. The highest BCUT2D eigenvalue weighted by Crippen LogP contribution is 2.35. The van der Waals surface area contributed by atoms with Crippen LogP contribution in [-0.2, 0) is 4.79 Å². The number of thioether (sulfide) groups is 1. The Balaban J connectivity index is 1.87. The summed E-state index contributed by atoms with van der Waals surface area (Å²) >= 11 is 6.18. The van der Waals surface area contributed by atoms with Crippen molar-refractivity contribution in [3.63, 3.8) is 0 Å². The first-order valence-electron chi connectivity index (χ1n) is 7.30. The highest BCUT2D eigenvalue weighted by Gasteiger charge is 2.32. The number of rotatable bonds is 4. The lowest BCUT2D eigenvalue weighted by molar-refractivity contribution is -0.384. The molecule has 130 valence electrons. The Hall–Kier alpha value is -3.04. The minimum atomic E-state index is -0.577. The van der Waals surface area contributed by atoms with E-state index in [1.165, 1.54) is 30.5 Å². The number of nitro groups is 1. The fourth-order valence-electron chi connectivity index (χ4n) is 2.13. The second-order valence-corrected chi connectivity index (χ2v) is 6.82. The monoisotopic (exact) mass is 385 g/mol. The number of nitrogens with zero attached hydrogens (tertiary/aromatic N) is 3. The molecule has 7 nitrogen and oxygen atoms in total. The van der Waals surface area contributed by atoms with E-state index < -0.39 is 10.8 Å². The molecule has 0 aromatic heterocycles. The third kappa shape index (κ3) is 3.79. The molecule has 1 N–H and O–H groups in total. The van der Waals surface area contributed by atoms with E-state index in [4.69, 9.17) is 12.2 Å². The Labute approximate surface area is 157 Å². The van der Waals surface area contributed by atoms with Gasteiger partial charge in [0.15, 0.2) is 4.32 Å². The van der Waals surface area contributed by atoms with Crippen LogP contribution in [-0.4, -0.2) is 31.5 Å². The predicted molar refractivity (Wildman–Crippen MR) is 104 cm³/mol. The average Bonchev–Trinajstić information content (AvgIpc) is 2.89. The van der Waals surface area contributed by atoms with Crippen molar-refractivity contribution in [2.24, 2.45) is 5.10 Å². The molecule has 0 radical (unpaired) electrons. The molecule has 0 atom stereocenters. The summed E-state index contributed by atoms with van der Waals surface area (Å²) in [4.78, 5) is 23.0. The largest absolute Gasteiger partial charge is 0.507 e. The molecule has 1 saturated heterocycles. The summed E-state index contributed by atoms with van der Waals surface area (Å²) in [5.74, 6) is -0.633. The smallest absolute Gasteiger partial charge is 0.286 e. The highest BCUT2D eigenvalue weighted by atomic mass is 32.2. The molecule has 0 aliphatic carbocycles. The van der Waals surface area contributed by atoms with Crippen LogP contribution in [0.25, 0.3) is 6.08 Å². The lowest BCUT2D eigenvalue weighted by Crippen LogP contribution is -2.22. The molecule has 2 aromatic carbocycles. The molecule has 9 heteroatoms. The lowest BCUT2D eigenvalue weighted by Gasteiger charge is -2.06. The van der Waals surface area contributed by atoms with E-state index in [1.807, 2.05) is 30.3 Å². The van der Waals surface area contributed by atoms with Gasteiger partial charge < -0.3 is 5.11 Å². The summed E-state index contributed by atoms with van der Waals surface area (Å²) < 4.78 is 0.235. The normalized spacial score (nSPS) is 16.0. The number of nitro benzene ring substituents is 1. The molecule has 1 aliphatic heterocycles. The van der Waals surface area contributed by atoms with Gasteiger partial charge in [0.1, 0.15) is 5.75 Å². The summed E-state index contributed by atoms with van der Waals surface area (Å²) in [6, 6.07) is 12.8. The summed E-state index contributed by atoms with van der Waals surface area (Å²) in [5, 5.41) is 25.9. The van der Waals surface area contributed by atoms with E-state index in [0.717, 1.165) is 22.3 Å². The van der Waals surface area contributed by atoms with Gasteiger partial charge in [-0.15, -0.1) is 0 Å². The Morgan fingerprint density at radius 3 is 2.65 bits per heavy atom.